The van der Waals surface area contributed by atoms with E-state index in [1.54, 1.807) is 24.3 Å². The highest BCUT2D eigenvalue weighted by atomic mass is 35.5. The Kier molecular flexibility index (Phi) is 5.46. The third-order valence-corrected chi connectivity index (χ3v) is 6.16. The van der Waals surface area contributed by atoms with Crippen LogP contribution in [0, 0.1) is 17.0 Å². The summed E-state index contributed by atoms with van der Waals surface area (Å²) in [4.78, 5) is 25.0. The van der Waals surface area contributed by atoms with Crippen molar-refractivity contribution in [1.82, 2.24) is 0 Å². The fraction of sp³-hybridized carbons (Fsp3) is 0.0476. The minimum atomic E-state index is -0.515. The summed E-state index contributed by atoms with van der Waals surface area (Å²) in [6.45, 7) is 1.92. The fourth-order valence-corrected chi connectivity index (χ4v) is 4.36. The number of hydrogen-bond donors (Lipinski definition) is 0. The molecule has 1 amide bonds. The van der Waals surface area contributed by atoms with Gasteiger partial charge in [0.15, 0.2) is 4.32 Å². The number of nitrogens with zero attached hydrogens (tertiary/aromatic N) is 2. The number of amides is 1. The highest BCUT2D eigenvalue weighted by Crippen LogP contribution is 2.37. The van der Waals surface area contributed by atoms with Crippen LogP contribution in [0.3, 0.4) is 0 Å². The molecule has 0 saturated carbocycles. The van der Waals surface area contributed by atoms with Crippen molar-refractivity contribution in [2.45, 2.75) is 6.92 Å². The molecule has 4 rings (SSSR count). The summed E-state index contributed by atoms with van der Waals surface area (Å²) in [6.07, 6.45) is 1.61. The number of nitro groups is 1. The molecule has 0 atom stereocenters. The Morgan fingerprint density at radius 3 is 2.73 bits per heavy atom. The van der Waals surface area contributed by atoms with Crippen molar-refractivity contribution in [3.8, 4) is 11.3 Å². The quantitative estimate of drug-likeness (QED) is 0.201. The van der Waals surface area contributed by atoms with Crippen molar-refractivity contribution < 1.29 is 14.1 Å². The van der Waals surface area contributed by atoms with Gasteiger partial charge >= 0.3 is 0 Å². The van der Waals surface area contributed by atoms with Crippen molar-refractivity contribution in [2.75, 3.05) is 4.90 Å². The molecule has 0 radical (unpaired) electrons. The minimum absolute atomic E-state index is 0.113. The van der Waals surface area contributed by atoms with Gasteiger partial charge in [0.2, 0.25) is 0 Å². The maximum Gasteiger partial charge on any atom is 0.271 e. The van der Waals surface area contributed by atoms with Crippen molar-refractivity contribution in [3.63, 3.8) is 0 Å². The summed E-state index contributed by atoms with van der Waals surface area (Å²) in [6, 6.07) is 15.0. The van der Waals surface area contributed by atoms with E-state index >= 15 is 0 Å². The second-order valence-corrected chi connectivity index (χ2v) is 8.54. The number of non-ortho nitro benzene ring substituents is 1. The van der Waals surface area contributed by atoms with Gasteiger partial charge in [-0.3, -0.25) is 19.8 Å². The maximum absolute atomic E-state index is 12.9. The molecule has 1 fully saturated rings. The van der Waals surface area contributed by atoms with E-state index in [4.69, 9.17) is 28.2 Å². The van der Waals surface area contributed by atoms with E-state index in [1.807, 2.05) is 25.1 Å². The Morgan fingerprint density at radius 1 is 1.20 bits per heavy atom. The van der Waals surface area contributed by atoms with E-state index in [0.29, 0.717) is 31.5 Å². The molecule has 2 aromatic carbocycles. The molecule has 0 N–H and O–H groups in total. The Balaban J connectivity index is 1.61. The number of thioether (sulfide) groups is 1. The SMILES string of the molecule is Cc1ccc(-c2ccc(C=C3SC(=S)N(c4cccc([N+](=O)[O-])c4)C3=O)o2)cc1Cl. The van der Waals surface area contributed by atoms with Gasteiger partial charge in [0.05, 0.1) is 15.5 Å². The molecule has 3 aromatic rings. The lowest BCUT2D eigenvalue weighted by molar-refractivity contribution is -0.384. The van der Waals surface area contributed by atoms with E-state index in [9.17, 15) is 14.9 Å². The summed E-state index contributed by atoms with van der Waals surface area (Å²) in [5.41, 5.74) is 2.04. The van der Waals surface area contributed by atoms with Gasteiger partial charge in [0.1, 0.15) is 11.5 Å². The van der Waals surface area contributed by atoms with Crippen molar-refractivity contribution >= 4 is 63.3 Å². The van der Waals surface area contributed by atoms with Crippen LogP contribution in [-0.2, 0) is 4.79 Å². The van der Waals surface area contributed by atoms with Gasteiger partial charge in [-0.1, -0.05) is 53.8 Å². The Hall–Kier alpha value is -2.94. The number of carbonyl (C=O) groups is 1. The van der Waals surface area contributed by atoms with Crippen molar-refractivity contribution in [3.05, 3.63) is 86.0 Å². The molecule has 0 unspecified atom stereocenters. The molecule has 0 bridgehead atoms. The predicted molar refractivity (Wildman–Crippen MR) is 123 cm³/mol. The largest absolute Gasteiger partial charge is 0.457 e. The number of hydrogen-bond acceptors (Lipinski definition) is 6. The average molecular weight is 457 g/mol. The molecule has 1 aliphatic heterocycles. The zero-order chi connectivity index (χ0) is 21.4. The minimum Gasteiger partial charge on any atom is -0.457 e. The number of benzene rings is 2. The van der Waals surface area contributed by atoms with E-state index < -0.39 is 4.92 Å². The van der Waals surface area contributed by atoms with Crippen LogP contribution in [0.4, 0.5) is 11.4 Å². The molecule has 1 saturated heterocycles. The molecule has 1 aromatic heterocycles. The third kappa shape index (κ3) is 3.89. The lowest BCUT2D eigenvalue weighted by atomic mass is 10.1. The summed E-state index contributed by atoms with van der Waals surface area (Å²) in [7, 11) is 0. The smallest absolute Gasteiger partial charge is 0.271 e. The first kappa shape index (κ1) is 20.3. The van der Waals surface area contributed by atoms with E-state index in [-0.39, 0.29) is 11.6 Å². The maximum atomic E-state index is 12.9. The van der Waals surface area contributed by atoms with Crippen molar-refractivity contribution in [1.29, 1.82) is 0 Å². The number of furan rings is 1. The highest BCUT2D eigenvalue weighted by Gasteiger charge is 2.34. The summed E-state index contributed by atoms with van der Waals surface area (Å²) in [5.74, 6) is 0.750. The van der Waals surface area contributed by atoms with Gasteiger partial charge in [-0.25, -0.2) is 0 Å². The molecule has 150 valence electrons. The van der Waals surface area contributed by atoms with Crippen LogP contribution in [0.15, 0.2) is 63.9 Å². The zero-order valence-electron chi connectivity index (χ0n) is 15.5. The molecular weight excluding hydrogens is 444 g/mol. The Bertz CT molecular complexity index is 1240. The summed E-state index contributed by atoms with van der Waals surface area (Å²) < 4.78 is 6.15. The monoisotopic (exact) mass is 456 g/mol. The first-order chi connectivity index (χ1) is 14.3. The van der Waals surface area contributed by atoms with Crippen LogP contribution < -0.4 is 4.90 Å². The van der Waals surface area contributed by atoms with E-state index in [0.717, 1.165) is 22.9 Å². The fourth-order valence-electron chi connectivity index (χ4n) is 2.90. The lowest BCUT2D eigenvalue weighted by Gasteiger charge is -2.13. The van der Waals surface area contributed by atoms with Gasteiger partial charge in [0, 0.05) is 28.8 Å². The van der Waals surface area contributed by atoms with Gasteiger partial charge in [-0.15, -0.1) is 0 Å². The van der Waals surface area contributed by atoms with Crippen LogP contribution in [0.25, 0.3) is 17.4 Å². The summed E-state index contributed by atoms with van der Waals surface area (Å²) in [5, 5.41) is 11.7. The number of rotatable bonds is 4. The van der Waals surface area contributed by atoms with Crippen LogP contribution >= 0.6 is 35.6 Å². The molecule has 6 nitrogen and oxygen atoms in total. The van der Waals surface area contributed by atoms with E-state index in [1.165, 1.54) is 23.1 Å². The lowest BCUT2D eigenvalue weighted by Crippen LogP contribution is -2.27. The van der Waals surface area contributed by atoms with Crippen LogP contribution in [-0.4, -0.2) is 15.2 Å². The Morgan fingerprint density at radius 2 is 2.00 bits per heavy atom. The number of nitro benzene ring substituents is 1. The van der Waals surface area contributed by atoms with Gasteiger partial charge < -0.3 is 4.42 Å². The molecule has 2 heterocycles. The number of halogens is 1. The van der Waals surface area contributed by atoms with Crippen LogP contribution in [0.5, 0.6) is 0 Å². The second-order valence-electron chi connectivity index (χ2n) is 6.46. The van der Waals surface area contributed by atoms with Crippen LogP contribution in [0.1, 0.15) is 11.3 Å². The molecular formula is C21H13ClN2O4S2. The van der Waals surface area contributed by atoms with Gasteiger partial charge in [-0.05, 0) is 36.8 Å². The highest BCUT2D eigenvalue weighted by molar-refractivity contribution is 8.27. The van der Waals surface area contributed by atoms with Crippen molar-refractivity contribution in [2.24, 2.45) is 0 Å². The molecule has 9 heteroatoms. The zero-order valence-corrected chi connectivity index (χ0v) is 17.9. The first-order valence-electron chi connectivity index (χ1n) is 8.72. The van der Waals surface area contributed by atoms with E-state index in [2.05, 4.69) is 0 Å². The average Bonchev–Trinajstić information content (AvgIpc) is 3.29. The van der Waals surface area contributed by atoms with Gasteiger partial charge in [-0.2, -0.15) is 0 Å². The standard InChI is InChI=1S/C21H13ClN2O4S2/c1-12-5-6-13(9-17(12)22)18-8-7-16(28-18)11-19-20(25)23(21(29)30-19)14-3-2-4-15(10-14)24(26)27/h2-11H,1H3. The number of carbonyl (C=O) groups excluding carboxylic acids is 1. The second kappa shape index (κ2) is 8.06. The number of anilines is 1. The number of thiocarbonyl (C=S) groups is 1. The Labute approximate surface area is 186 Å². The normalized spacial score (nSPS) is 15.3. The summed E-state index contributed by atoms with van der Waals surface area (Å²) >= 11 is 12.6. The predicted octanol–water partition coefficient (Wildman–Crippen LogP) is 6.22. The van der Waals surface area contributed by atoms with Gasteiger partial charge in [0.25, 0.3) is 11.6 Å². The molecule has 1 aliphatic rings. The topological polar surface area (TPSA) is 76.6 Å². The third-order valence-electron chi connectivity index (χ3n) is 4.45. The number of aryl methyl sites for hydroxylation is 1. The molecule has 0 spiro atoms. The molecule has 0 aliphatic carbocycles. The molecule has 30 heavy (non-hydrogen) atoms. The van der Waals surface area contributed by atoms with Crippen LogP contribution in [0.2, 0.25) is 5.02 Å². The first-order valence-corrected chi connectivity index (χ1v) is 10.3.